The van der Waals surface area contributed by atoms with E-state index in [0.29, 0.717) is 0 Å². The monoisotopic (exact) mass is 286 g/mol. The molecule has 0 heterocycles. The Morgan fingerprint density at radius 2 is 1.46 bits per heavy atom. The van der Waals surface area contributed by atoms with Gasteiger partial charge in [0, 0.05) is 0 Å². The van der Waals surface area contributed by atoms with Crippen LogP contribution in [-0.2, 0) is 0 Å². The van der Waals surface area contributed by atoms with Crippen LogP contribution in [-0.4, -0.2) is 49.1 Å². The van der Waals surface area contributed by atoms with Crippen LogP contribution in [0, 0.1) is 0 Å². The second-order valence-electron chi connectivity index (χ2n) is 4.93. The Morgan fingerprint density at radius 3 is 1.69 bits per heavy atom. The third-order valence-corrected chi connectivity index (χ3v) is 7.73. The van der Waals surface area contributed by atoms with E-state index in [0.717, 1.165) is 0 Å². The van der Waals surface area contributed by atoms with E-state index >= 15 is 0 Å². The molecule has 0 radical (unpaired) electrons. The van der Waals surface area contributed by atoms with Gasteiger partial charge in [-0.05, 0) is 0 Å². The minimum absolute atomic E-state index is 0.288. The molecule has 0 saturated carbocycles. The summed E-state index contributed by atoms with van der Waals surface area (Å²) in [6.45, 7) is 6.85. The summed E-state index contributed by atoms with van der Waals surface area (Å²) >= 11 is -1.41. The van der Waals surface area contributed by atoms with Gasteiger partial charge in [-0.3, -0.25) is 0 Å². The Kier molecular flexibility index (Phi) is 5.26. The van der Waals surface area contributed by atoms with Gasteiger partial charge in [0.05, 0.1) is 0 Å². The average molecular weight is 286 g/mol. The van der Waals surface area contributed by atoms with Gasteiger partial charge in [-0.1, -0.05) is 0 Å². The van der Waals surface area contributed by atoms with Crippen LogP contribution in [0.15, 0.2) is 12.4 Å². The zero-order chi connectivity index (χ0) is 10.6. The predicted molar refractivity (Wildman–Crippen MR) is 61.9 cm³/mol. The minimum atomic E-state index is -1.41. The summed E-state index contributed by atoms with van der Waals surface area (Å²) in [5.74, 6) is 0. The van der Waals surface area contributed by atoms with Crippen molar-refractivity contribution < 1.29 is 0 Å². The first-order chi connectivity index (χ1) is 5.75. The van der Waals surface area contributed by atoms with Gasteiger partial charge >= 0.3 is 91.7 Å². The Bertz CT molecular complexity index is 168. The molecule has 0 aromatic carbocycles. The van der Waals surface area contributed by atoms with Gasteiger partial charge in [0.2, 0.25) is 0 Å². The first-order valence-electron chi connectivity index (χ1n) is 4.88. The van der Waals surface area contributed by atoms with E-state index < -0.39 is 21.7 Å². The normalized spacial score (nSPS) is 11.9. The molecular weight excluding hydrogens is 263 g/mol. The van der Waals surface area contributed by atoms with E-state index in [1.165, 1.54) is 0 Å². The first kappa shape index (κ1) is 13.2. The molecule has 13 heavy (non-hydrogen) atoms. The summed E-state index contributed by atoms with van der Waals surface area (Å²) in [5.41, 5.74) is 0.288. The molecule has 0 aliphatic carbocycles. The molecule has 76 valence electrons. The molecule has 0 aliphatic rings. The topological polar surface area (TPSA) is 6.48 Å². The van der Waals surface area contributed by atoms with Crippen molar-refractivity contribution in [3.63, 3.8) is 0 Å². The van der Waals surface area contributed by atoms with Crippen molar-refractivity contribution in [3.8, 4) is 0 Å². The molecular formula is C10H23InN2. The molecule has 0 amide bonds. The van der Waals surface area contributed by atoms with Crippen LogP contribution in [0.4, 0.5) is 0 Å². The summed E-state index contributed by atoms with van der Waals surface area (Å²) in [5, 5.41) is 0. The van der Waals surface area contributed by atoms with Gasteiger partial charge in [-0.2, -0.15) is 0 Å². The molecule has 0 atom stereocenters. The van der Waals surface area contributed by atoms with Crippen LogP contribution in [0.5, 0.6) is 0 Å². The van der Waals surface area contributed by atoms with Crippen LogP contribution in [0.25, 0.3) is 0 Å². The quantitative estimate of drug-likeness (QED) is 0.786. The van der Waals surface area contributed by atoms with Crippen LogP contribution < -0.4 is 0 Å². The van der Waals surface area contributed by atoms with Crippen molar-refractivity contribution in [2.45, 2.75) is 35.7 Å². The second kappa shape index (κ2) is 5.18. The van der Waals surface area contributed by atoms with E-state index in [-0.39, 0.29) is 5.54 Å². The Hall–Kier alpha value is 0.210. The van der Waals surface area contributed by atoms with Gasteiger partial charge < -0.3 is 0 Å². The zero-order valence-electron chi connectivity index (χ0n) is 10.1. The third kappa shape index (κ3) is 5.50. The number of nitrogens with zero attached hydrogens (tertiary/aromatic N) is 2. The van der Waals surface area contributed by atoms with Gasteiger partial charge in [0.25, 0.3) is 0 Å². The van der Waals surface area contributed by atoms with E-state index in [1.807, 2.05) is 0 Å². The fraction of sp³-hybridized carbons (Fsp3) is 0.800. The summed E-state index contributed by atoms with van der Waals surface area (Å²) in [6, 6.07) is 0. The maximum atomic E-state index is 2.56. The summed E-state index contributed by atoms with van der Waals surface area (Å²) in [4.78, 5) is 2.09. The molecule has 0 N–H and O–H groups in total. The Labute approximate surface area is 91.5 Å². The van der Waals surface area contributed by atoms with Crippen LogP contribution in [0.1, 0.15) is 20.8 Å². The van der Waals surface area contributed by atoms with Crippen molar-refractivity contribution >= 4 is 21.7 Å². The molecule has 0 aliphatic heterocycles. The molecule has 0 fully saturated rings. The summed E-state index contributed by atoms with van der Waals surface area (Å²) < 4.78 is 7.41. The summed E-state index contributed by atoms with van der Waals surface area (Å²) in [7, 11) is 4.13. The van der Waals surface area contributed by atoms with Crippen molar-refractivity contribution in [2.24, 2.45) is 0 Å². The van der Waals surface area contributed by atoms with Gasteiger partial charge in [0.15, 0.2) is 0 Å². The molecule has 0 rings (SSSR count). The van der Waals surface area contributed by atoms with Crippen LogP contribution in [0.3, 0.4) is 0 Å². The molecule has 0 spiro atoms. The second-order valence-corrected chi connectivity index (χ2v) is 12.8. The Balaban J connectivity index is 4.46. The SMILES string of the molecule is CN(C)/C=C\[N]([In]([CH3])[CH3])C(C)(C)C. The van der Waals surface area contributed by atoms with E-state index in [1.54, 1.807) is 0 Å². The maximum absolute atomic E-state index is 2.56. The van der Waals surface area contributed by atoms with Crippen LogP contribution in [0.2, 0.25) is 9.36 Å². The number of hydrogen-bond acceptors (Lipinski definition) is 2. The van der Waals surface area contributed by atoms with Crippen molar-refractivity contribution in [3.05, 3.63) is 12.4 Å². The first-order valence-corrected chi connectivity index (χ1v) is 12.9. The van der Waals surface area contributed by atoms with E-state index in [2.05, 4.69) is 64.4 Å². The van der Waals surface area contributed by atoms with Crippen molar-refractivity contribution in [2.75, 3.05) is 14.1 Å². The van der Waals surface area contributed by atoms with E-state index in [4.69, 9.17) is 0 Å². The number of rotatable bonds is 3. The third-order valence-electron chi connectivity index (χ3n) is 1.86. The molecule has 0 aromatic rings. The predicted octanol–water partition coefficient (Wildman–Crippen LogP) is 2.37. The molecule has 3 heteroatoms. The van der Waals surface area contributed by atoms with Crippen molar-refractivity contribution in [1.82, 2.24) is 7.79 Å². The van der Waals surface area contributed by atoms with Gasteiger partial charge in [-0.15, -0.1) is 0 Å². The van der Waals surface area contributed by atoms with Gasteiger partial charge in [0.1, 0.15) is 0 Å². The molecule has 0 bridgehead atoms. The van der Waals surface area contributed by atoms with Crippen molar-refractivity contribution in [1.29, 1.82) is 0 Å². The van der Waals surface area contributed by atoms with Crippen LogP contribution >= 0.6 is 0 Å². The molecule has 0 unspecified atom stereocenters. The fourth-order valence-corrected chi connectivity index (χ4v) is 7.00. The number of hydrogen-bond donors (Lipinski definition) is 0. The van der Waals surface area contributed by atoms with Gasteiger partial charge in [-0.25, -0.2) is 0 Å². The standard InChI is InChI=1S/C8H17N2.2CH3.In/c1-8(2,3)9-6-7-10(4)5;;;/h6-7H,1-5H3;2*1H3;/q-1;;;+1/b7-6-;;;. The molecule has 2 nitrogen and oxygen atoms in total. The van der Waals surface area contributed by atoms with E-state index in [9.17, 15) is 0 Å². The fourth-order valence-electron chi connectivity index (χ4n) is 1.38. The molecule has 0 aromatic heterocycles. The Morgan fingerprint density at radius 1 is 1.00 bits per heavy atom. The summed E-state index contributed by atoms with van der Waals surface area (Å²) in [6.07, 6.45) is 4.39. The molecule has 0 saturated heterocycles. The zero-order valence-corrected chi connectivity index (χ0v) is 13.4. The average Bonchev–Trinajstić information content (AvgIpc) is 1.81.